The number of hydrogen-bond donors (Lipinski definition) is 1. The van der Waals surface area contributed by atoms with E-state index in [1.54, 1.807) is 12.1 Å². The van der Waals surface area contributed by atoms with Crippen molar-refractivity contribution in [1.29, 1.82) is 0 Å². The van der Waals surface area contributed by atoms with Crippen LogP contribution in [0.5, 0.6) is 0 Å². The number of hydrogen-bond acceptors (Lipinski definition) is 2. The highest BCUT2D eigenvalue weighted by Gasteiger charge is 2.07. The maximum atomic E-state index is 10.9. The van der Waals surface area contributed by atoms with Gasteiger partial charge < -0.3 is 9.84 Å². The molecule has 0 saturated heterocycles. The number of benzene rings is 1. The maximum absolute atomic E-state index is 10.9. The van der Waals surface area contributed by atoms with E-state index in [4.69, 9.17) is 9.84 Å². The summed E-state index contributed by atoms with van der Waals surface area (Å²) in [5.74, 6) is -0.886. The van der Waals surface area contributed by atoms with Crippen molar-refractivity contribution in [1.82, 2.24) is 0 Å². The molecule has 3 heteroatoms. The molecule has 0 saturated carbocycles. The first-order chi connectivity index (χ1) is 15.1. The highest BCUT2D eigenvalue weighted by Crippen LogP contribution is 2.18. The van der Waals surface area contributed by atoms with E-state index in [-0.39, 0.29) is 6.10 Å². The minimum atomic E-state index is -0.886. The van der Waals surface area contributed by atoms with Crippen LogP contribution in [0.15, 0.2) is 24.3 Å². The summed E-state index contributed by atoms with van der Waals surface area (Å²) in [6.07, 6.45) is 23.5. The van der Waals surface area contributed by atoms with Gasteiger partial charge in [-0.25, -0.2) is 4.79 Å². The lowest BCUT2D eigenvalue weighted by Gasteiger charge is -2.13. The molecule has 0 aromatic heterocycles. The molecular weight excluding hydrogens is 384 g/mol. The molecule has 178 valence electrons. The minimum Gasteiger partial charge on any atom is -0.478 e. The van der Waals surface area contributed by atoms with E-state index in [1.807, 2.05) is 19.1 Å². The number of unbranched alkanes of at least 4 members (excludes halogenated alkanes) is 16. The van der Waals surface area contributed by atoms with E-state index in [0.717, 1.165) is 18.6 Å². The third-order valence-electron chi connectivity index (χ3n) is 6.24. The van der Waals surface area contributed by atoms with E-state index in [2.05, 4.69) is 6.92 Å². The van der Waals surface area contributed by atoms with Crippen LogP contribution in [0.3, 0.4) is 0 Å². The molecule has 1 aromatic rings. The monoisotopic (exact) mass is 432 g/mol. The zero-order chi connectivity index (χ0) is 22.6. The molecule has 0 spiro atoms. The van der Waals surface area contributed by atoms with Crippen LogP contribution in [0.1, 0.15) is 145 Å². The van der Waals surface area contributed by atoms with Crippen molar-refractivity contribution in [2.75, 3.05) is 6.61 Å². The van der Waals surface area contributed by atoms with E-state index in [0.29, 0.717) is 5.56 Å². The zero-order valence-electron chi connectivity index (χ0n) is 20.4. The van der Waals surface area contributed by atoms with Crippen molar-refractivity contribution in [2.45, 2.75) is 129 Å². The Kier molecular flexibility index (Phi) is 17.3. The van der Waals surface area contributed by atoms with Gasteiger partial charge >= 0.3 is 5.97 Å². The van der Waals surface area contributed by atoms with Crippen LogP contribution in [0, 0.1) is 0 Å². The van der Waals surface area contributed by atoms with Crippen molar-refractivity contribution >= 4 is 5.97 Å². The smallest absolute Gasteiger partial charge is 0.335 e. The normalized spacial score (nSPS) is 12.2. The Labute approximate surface area is 192 Å². The van der Waals surface area contributed by atoms with Crippen LogP contribution >= 0.6 is 0 Å². The first-order valence-electron chi connectivity index (χ1n) is 13.1. The third-order valence-corrected chi connectivity index (χ3v) is 6.24. The number of carboxylic acids is 1. The topological polar surface area (TPSA) is 46.5 Å². The fraction of sp³-hybridized carbons (Fsp3) is 0.750. The fourth-order valence-corrected chi connectivity index (χ4v) is 4.08. The molecule has 0 amide bonds. The summed E-state index contributed by atoms with van der Waals surface area (Å²) in [5.41, 5.74) is 1.36. The molecule has 0 heterocycles. The average Bonchev–Trinajstić information content (AvgIpc) is 2.78. The van der Waals surface area contributed by atoms with E-state index >= 15 is 0 Å². The number of rotatable bonds is 21. The van der Waals surface area contributed by atoms with Gasteiger partial charge in [-0.15, -0.1) is 0 Å². The summed E-state index contributed by atoms with van der Waals surface area (Å²) < 4.78 is 5.91. The molecule has 0 radical (unpaired) electrons. The van der Waals surface area contributed by atoms with Crippen molar-refractivity contribution < 1.29 is 14.6 Å². The summed E-state index contributed by atoms with van der Waals surface area (Å²) in [5, 5.41) is 8.96. The van der Waals surface area contributed by atoms with Crippen molar-refractivity contribution in [3.05, 3.63) is 35.4 Å². The van der Waals surface area contributed by atoms with E-state index < -0.39 is 5.97 Å². The van der Waals surface area contributed by atoms with Crippen LogP contribution in [-0.4, -0.2) is 17.7 Å². The van der Waals surface area contributed by atoms with Gasteiger partial charge in [0.15, 0.2) is 0 Å². The Bertz CT molecular complexity index is 538. The SMILES string of the molecule is CCCCCCCCCCCCCCCCCCCOC(C)c1ccc(C(=O)O)cc1. The summed E-state index contributed by atoms with van der Waals surface area (Å²) >= 11 is 0. The summed E-state index contributed by atoms with van der Waals surface area (Å²) in [6.45, 7) is 5.09. The highest BCUT2D eigenvalue weighted by molar-refractivity contribution is 5.87. The van der Waals surface area contributed by atoms with Crippen molar-refractivity contribution in [2.24, 2.45) is 0 Å². The van der Waals surface area contributed by atoms with Crippen LogP contribution < -0.4 is 0 Å². The van der Waals surface area contributed by atoms with Gasteiger partial charge in [-0.05, 0) is 31.0 Å². The number of carboxylic acid groups (broad SMARTS) is 1. The molecule has 0 aliphatic rings. The molecule has 0 aliphatic heterocycles. The number of aromatic carboxylic acids is 1. The van der Waals surface area contributed by atoms with Gasteiger partial charge in [0, 0.05) is 6.61 Å². The average molecular weight is 433 g/mol. The predicted molar refractivity (Wildman–Crippen MR) is 132 cm³/mol. The Morgan fingerprint density at radius 3 is 1.48 bits per heavy atom. The van der Waals surface area contributed by atoms with Gasteiger partial charge in [-0.3, -0.25) is 0 Å². The summed E-state index contributed by atoms with van der Waals surface area (Å²) in [7, 11) is 0. The first-order valence-corrected chi connectivity index (χ1v) is 13.1. The molecule has 0 fully saturated rings. The largest absolute Gasteiger partial charge is 0.478 e. The van der Waals surface area contributed by atoms with Gasteiger partial charge in [0.25, 0.3) is 0 Å². The van der Waals surface area contributed by atoms with Crippen molar-refractivity contribution in [3.63, 3.8) is 0 Å². The molecule has 1 rings (SSSR count). The fourth-order valence-electron chi connectivity index (χ4n) is 4.08. The molecule has 1 aromatic carbocycles. The predicted octanol–water partition coefficient (Wildman–Crippen LogP) is 9.11. The Morgan fingerprint density at radius 2 is 1.10 bits per heavy atom. The molecule has 31 heavy (non-hydrogen) atoms. The van der Waals surface area contributed by atoms with Gasteiger partial charge in [-0.1, -0.05) is 122 Å². The lowest BCUT2D eigenvalue weighted by Crippen LogP contribution is -2.03. The second-order valence-electron chi connectivity index (χ2n) is 9.10. The highest BCUT2D eigenvalue weighted by atomic mass is 16.5. The number of carbonyl (C=O) groups is 1. The maximum Gasteiger partial charge on any atom is 0.335 e. The minimum absolute atomic E-state index is 0.0175. The lowest BCUT2D eigenvalue weighted by atomic mass is 10.0. The molecule has 0 aliphatic carbocycles. The van der Waals surface area contributed by atoms with Crippen LogP contribution in [-0.2, 0) is 4.74 Å². The van der Waals surface area contributed by atoms with Crippen LogP contribution in [0.25, 0.3) is 0 Å². The van der Waals surface area contributed by atoms with Gasteiger partial charge in [0.05, 0.1) is 11.7 Å². The molecule has 1 atom stereocenters. The summed E-state index contributed by atoms with van der Waals surface area (Å²) in [6, 6.07) is 6.99. The quantitative estimate of drug-likeness (QED) is 0.197. The van der Waals surface area contributed by atoms with Crippen LogP contribution in [0.2, 0.25) is 0 Å². The lowest BCUT2D eigenvalue weighted by molar-refractivity contribution is 0.0624. The third kappa shape index (κ3) is 15.1. The van der Waals surface area contributed by atoms with Gasteiger partial charge in [0.1, 0.15) is 0 Å². The van der Waals surface area contributed by atoms with E-state index in [9.17, 15) is 4.79 Å². The Hall–Kier alpha value is -1.35. The van der Waals surface area contributed by atoms with Crippen molar-refractivity contribution in [3.8, 4) is 0 Å². The molecule has 3 nitrogen and oxygen atoms in total. The molecule has 1 unspecified atom stereocenters. The number of ether oxygens (including phenoxy) is 1. The van der Waals surface area contributed by atoms with Gasteiger partial charge in [-0.2, -0.15) is 0 Å². The first kappa shape index (κ1) is 27.7. The van der Waals surface area contributed by atoms with Gasteiger partial charge in [0.2, 0.25) is 0 Å². The zero-order valence-corrected chi connectivity index (χ0v) is 20.4. The second kappa shape index (κ2) is 19.3. The Balaban J connectivity index is 1.83. The molecule has 0 bridgehead atoms. The molecular formula is C28H48O3. The summed E-state index contributed by atoms with van der Waals surface area (Å²) in [4.78, 5) is 10.9. The second-order valence-corrected chi connectivity index (χ2v) is 9.10. The standard InChI is InChI=1S/C28H48O3/c1-3-4-5-6-7-8-9-10-11-12-13-14-15-16-17-18-19-24-31-25(2)26-20-22-27(23-21-26)28(29)30/h20-23,25H,3-19,24H2,1-2H3,(H,29,30). The van der Waals surface area contributed by atoms with Crippen LogP contribution in [0.4, 0.5) is 0 Å². The Morgan fingerprint density at radius 1 is 0.710 bits per heavy atom. The van der Waals surface area contributed by atoms with E-state index in [1.165, 1.54) is 103 Å². The molecule has 1 N–H and O–H groups in total.